The maximum atomic E-state index is 2.59. The first-order valence-corrected chi connectivity index (χ1v) is 20.8. The molecule has 0 saturated heterocycles. The number of benzene rings is 4. The van der Waals surface area contributed by atoms with Crippen LogP contribution in [-0.4, -0.2) is 9.52 Å². The second kappa shape index (κ2) is 15.2. The van der Waals surface area contributed by atoms with Crippen molar-refractivity contribution in [3.63, 3.8) is 0 Å². The highest BCUT2D eigenvalue weighted by Crippen LogP contribution is 2.48. The van der Waals surface area contributed by atoms with E-state index in [2.05, 4.69) is 139 Å². The van der Waals surface area contributed by atoms with Crippen LogP contribution < -0.4 is 0 Å². The van der Waals surface area contributed by atoms with E-state index in [1.54, 1.807) is 22.3 Å². The highest BCUT2D eigenvalue weighted by molar-refractivity contribution is 6.36. The number of hydrogen-bond donors (Lipinski definition) is 0. The van der Waals surface area contributed by atoms with E-state index in [1.807, 2.05) is 0 Å². The molecule has 2 aliphatic rings. The van der Waals surface area contributed by atoms with Gasteiger partial charge in [0.05, 0.1) is 0 Å². The van der Waals surface area contributed by atoms with Crippen LogP contribution in [0.4, 0.5) is 0 Å². The van der Waals surface area contributed by atoms with Gasteiger partial charge in [0.15, 0.2) is 0 Å². The number of hydrogen-bond acceptors (Lipinski definition) is 0. The fourth-order valence-electron chi connectivity index (χ4n) is 8.30. The predicted molar refractivity (Wildman–Crippen MR) is 211 cm³/mol. The number of fused-ring (bicyclic) bond motifs is 2. The molecule has 6 rings (SSSR count). The largest absolute Gasteiger partial charge is 0.0651 e. The Morgan fingerprint density at radius 2 is 0.936 bits per heavy atom. The summed E-state index contributed by atoms with van der Waals surface area (Å²) in [6, 6.07) is 35.8. The summed E-state index contributed by atoms with van der Waals surface area (Å²) in [5.74, 6) is 2.43. The van der Waals surface area contributed by atoms with E-state index >= 15 is 0 Å². The van der Waals surface area contributed by atoms with Gasteiger partial charge in [-0.2, -0.15) is 0 Å². The van der Waals surface area contributed by atoms with Gasteiger partial charge in [-0.15, -0.1) is 0 Å². The van der Waals surface area contributed by atoms with E-state index in [0.717, 1.165) is 0 Å². The van der Waals surface area contributed by atoms with E-state index in [9.17, 15) is 0 Å². The van der Waals surface area contributed by atoms with Crippen molar-refractivity contribution in [3.05, 3.63) is 129 Å². The molecule has 2 aliphatic carbocycles. The third-order valence-corrected chi connectivity index (χ3v) is 13.4. The van der Waals surface area contributed by atoms with Gasteiger partial charge in [0.25, 0.3) is 0 Å². The first-order chi connectivity index (χ1) is 23.0. The quantitative estimate of drug-likeness (QED) is 0.121. The molecule has 4 unspecified atom stereocenters. The van der Waals surface area contributed by atoms with Crippen LogP contribution in [-0.2, 0) is 0 Å². The molecule has 0 bridgehead atoms. The molecule has 1 heteroatoms. The molecule has 0 N–H and O–H groups in total. The van der Waals surface area contributed by atoms with Crippen LogP contribution in [0.25, 0.3) is 34.4 Å². The Labute approximate surface area is 288 Å². The van der Waals surface area contributed by atoms with Gasteiger partial charge in [0.2, 0.25) is 0 Å². The highest BCUT2D eigenvalue weighted by atomic mass is 28.2. The lowest BCUT2D eigenvalue weighted by atomic mass is 9.91. The fraction of sp³-hybridized carbons (Fsp3) is 0.391. The minimum absolute atomic E-state index is 0.291. The molecule has 4 aromatic carbocycles. The fourth-order valence-corrected chi connectivity index (χ4v) is 10.7. The minimum atomic E-state index is -0.291. The van der Waals surface area contributed by atoms with Crippen LogP contribution in [0, 0.1) is 0 Å². The van der Waals surface area contributed by atoms with Gasteiger partial charge in [0, 0.05) is 21.4 Å². The third kappa shape index (κ3) is 6.93. The summed E-state index contributed by atoms with van der Waals surface area (Å²) >= 11 is 0. The van der Waals surface area contributed by atoms with E-state index in [4.69, 9.17) is 0 Å². The monoisotopic (exact) mass is 636 g/mol. The highest BCUT2D eigenvalue weighted by Gasteiger charge is 2.30. The molecule has 0 aliphatic heterocycles. The zero-order valence-corrected chi connectivity index (χ0v) is 31.3. The van der Waals surface area contributed by atoms with Crippen molar-refractivity contribution in [3.8, 4) is 22.3 Å². The van der Waals surface area contributed by atoms with Crippen LogP contribution in [0.2, 0.25) is 12.1 Å². The molecular formula is C46H56Si. The van der Waals surface area contributed by atoms with Gasteiger partial charge in [-0.1, -0.05) is 175 Å². The van der Waals surface area contributed by atoms with Crippen molar-refractivity contribution in [1.29, 1.82) is 0 Å². The van der Waals surface area contributed by atoms with Crippen LogP contribution in [0.3, 0.4) is 0 Å². The normalized spacial score (nSPS) is 18.3. The Balaban J connectivity index is 1.22. The lowest BCUT2D eigenvalue weighted by Crippen LogP contribution is -2.08. The summed E-state index contributed by atoms with van der Waals surface area (Å²) in [5.41, 5.74) is 18.0. The third-order valence-electron chi connectivity index (χ3n) is 11.5. The first kappa shape index (κ1) is 33.5. The minimum Gasteiger partial charge on any atom is -0.0651 e. The lowest BCUT2D eigenvalue weighted by Gasteiger charge is -2.21. The van der Waals surface area contributed by atoms with Crippen LogP contribution >= 0.6 is 0 Å². The Morgan fingerprint density at radius 3 is 1.30 bits per heavy atom. The molecule has 4 aromatic rings. The smallest absolute Gasteiger partial charge is 0.0218 e. The van der Waals surface area contributed by atoms with E-state index in [1.165, 1.54) is 95.1 Å². The van der Waals surface area contributed by atoms with Crippen molar-refractivity contribution in [2.75, 3.05) is 0 Å². The summed E-state index contributed by atoms with van der Waals surface area (Å²) in [4.78, 5) is 0. The van der Waals surface area contributed by atoms with Gasteiger partial charge >= 0.3 is 0 Å². The van der Waals surface area contributed by atoms with Crippen LogP contribution in [0.1, 0.15) is 137 Å². The molecule has 244 valence electrons. The van der Waals surface area contributed by atoms with Crippen molar-refractivity contribution in [2.45, 2.75) is 116 Å². The Morgan fingerprint density at radius 1 is 0.532 bits per heavy atom. The number of rotatable bonds is 14. The van der Waals surface area contributed by atoms with Crippen molar-refractivity contribution >= 4 is 21.7 Å². The molecule has 0 heterocycles. The maximum Gasteiger partial charge on any atom is 0.0218 e. The molecule has 0 nitrogen and oxygen atoms in total. The predicted octanol–water partition coefficient (Wildman–Crippen LogP) is 13.3. The zero-order valence-electron chi connectivity index (χ0n) is 29.9. The van der Waals surface area contributed by atoms with Crippen molar-refractivity contribution in [1.82, 2.24) is 0 Å². The van der Waals surface area contributed by atoms with E-state index < -0.39 is 0 Å². The maximum absolute atomic E-state index is 2.59. The second-order valence-corrected chi connectivity index (χ2v) is 16.3. The summed E-state index contributed by atoms with van der Waals surface area (Å²) < 4.78 is 0. The molecule has 0 amide bonds. The van der Waals surface area contributed by atoms with Gasteiger partial charge in [-0.25, -0.2) is 0 Å². The van der Waals surface area contributed by atoms with Gasteiger partial charge in [0.1, 0.15) is 0 Å². The van der Waals surface area contributed by atoms with E-state index in [-0.39, 0.29) is 9.52 Å². The van der Waals surface area contributed by atoms with Gasteiger partial charge in [-0.3, -0.25) is 0 Å². The topological polar surface area (TPSA) is 0 Å². The number of allylic oxidation sites excluding steroid dienone is 2. The van der Waals surface area contributed by atoms with Crippen molar-refractivity contribution in [2.24, 2.45) is 0 Å². The molecule has 0 saturated carbocycles. The molecule has 4 atom stereocenters. The summed E-state index contributed by atoms with van der Waals surface area (Å²) in [6.07, 6.45) is 12.4. The lowest BCUT2D eigenvalue weighted by molar-refractivity contribution is 0.734. The van der Waals surface area contributed by atoms with Crippen LogP contribution in [0.15, 0.2) is 96.1 Å². The molecule has 0 fully saturated rings. The molecule has 47 heavy (non-hydrogen) atoms. The summed E-state index contributed by atoms with van der Waals surface area (Å²) in [7, 11) is -0.291. The van der Waals surface area contributed by atoms with Gasteiger partial charge in [-0.05, 0) is 93.2 Å². The van der Waals surface area contributed by atoms with Crippen molar-refractivity contribution < 1.29 is 0 Å². The molecule has 0 radical (unpaired) electrons. The average molecular weight is 637 g/mol. The summed E-state index contributed by atoms with van der Waals surface area (Å²) in [6.45, 7) is 13.9. The van der Waals surface area contributed by atoms with Gasteiger partial charge < -0.3 is 0 Å². The Bertz CT molecular complexity index is 1590. The standard InChI is InChI=1S/C46H56Si/c1-7-13-37-27-43-39(35-23-19-33(20-24-35)31(5)9-3)15-11-17-41(43)45(37)29-47-30-46-38(14-8-2)28-44-40(16-12-18-42(44)46)36-25-21-34(22-26-36)32(6)10-4/h11-12,15-28,31-32,45-46H,7-10,13-14,29-30,47H2,1-6H3. The second-order valence-electron chi connectivity index (χ2n) is 14.5. The molecular weight excluding hydrogens is 581 g/mol. The Kier molecular flexibility index (Phi) is 10.8. The average Bonchev–Trinajstić information content (AvgIpc) is 3.65. The zero-order chi connectivity index (χ0) is 32.9. The first-order valence-electron chi connectivity index (χ1n) is 18.8. The van der Waals surface area contributed by atoms with E-state index in [0.29, 0.717) is 23.7 Å². The molecule has 0 spiro atoms. The summed E-state index contributed by atoms with van der Waals surface area (Å²) in [5, 5.41) is 0. The molecule has 0 aromatic heterocycles. The van der Waals surface area contributed by atoms with Crippen LogP contribution in [0.5, 0.6) is 0 Å². The SMILES string of the molecule is CCCC1=Cc2c(-c3ccc(C(C)CC)cc3)cccc2C1C[SiH2]CC1C(CCC)=Cc2c(-c3ccc(C(C)CC)cc3)cccc21. The Hall–Kier alpha value is -3.42.